The third kappa shape index (κ3) is 4.94. The maximum atomic E-state index is 12.7. The summed E-state index contributed by atoms with van der Waals surface area (Å²) in [7, 11) is 0. The van der Waals surface area contributed by atoms with Crippen LogP contribution in [0.15, 0.2) is 60.7 Å². The van der Waals surface area contributed by atoms with Gasteiger partial charge in [0.25, 0.3) is 0 Å². The number of rotatable bonds is 5. The molecule has 1 aliphatic rings. The fourth-order valence-electron chi connectivity index (χ4n) is 3.62. The molecule has 5 nitrogen and oxygen atoms in total. The molecular formula is C24H26N4OS. The van der Waals surface area contributed by atoms with Crippen molar-refractivity contribution in [3.05, 3.63) is 83.2 Å². The van der Waals surface area contributed by atoms with Crippen LogP contribution in [0, 0.1) is 6.92 Å². The molecule has 6 heteroatoms. The minimum atomic E-state index is 0.0586. The van der Waals surface area contributed by atoms with Crippen LogP contribution >= 0.6 is 11.5 Å². The van der Waals surface area contributed by atoms with E-state index in [1.807, 2.05) is 41.3 Å². The quantitative estimate of drug-likeness (QED) is 0.583. The second-order valence-corrected chi connectivity index (χ2v) is 8.46. The Labute approximate surface area is 181 Å². The molecule has 3 aromatic rings. The summed E-state index contributed by atoms with van der Waals surface area (Å²) >= 11 is 1.45. The topological polar surface area (TPSA) is 49.3 Å². The molecule has 1 atom stereocenters. The van der Waals surface area contributed by atoms with Crippen LogP contribution in [-0.4, -0.2) is 45.8 Å². The molecular weight excluding hydrogens is 392 g/mol. The SMILES string of the molecule is Cc1ccc(Cc2nsc(N3CCN(C(=O)/C=C/c4ccccc4)[C@@H](C)C3)n2)cc1. The molecule has 0 unspecified atom stereocenters. The molecule has 0 aliphatic carbocycles. The second-order valence-electron chi connectivity index (χ2n) is 7.73. The molecule has 30 heavy (non-hydrogen) atoms. The zero-order valence-electron chi connectivity index (χ0n) is 17.4. The van der Waals surface area contributed by atoms with Crippen LogP contribution in [0.2, 0.25) is 0 Å². The van der Waals surface area contributed by atoms with Crippen molar-refractivity contribution in [1.82, 2.24) is 14.3 Å². The standard InChI is InChI=1S/C24H26N4OS/c1-18-8-10-21(11-9-18)16-22-25-24(30-26-22)27-14-15-28(19(2)17-27)23(29)13-12-20-6-4-3-5-7-20/h3-13,19H,14-17H2,1-2H3/b13-12+/t19-/m0/s1. The number of nitrogens with zero attached hydrogens (tertiary/aromatic N) is 4. The smallest absolute Gasteiger partial charge is 0.246 e. The number of carbonyl (C=O) groups is 1. The molecule has 0 N–H and O–H groups in total. The van der Waals surface area contributed by atoms with Crippen molar-refractivity contribution in [2.75, 3.05) is 24.5 Å². The van der Waals surface area contributed by atoms with E-state index in [9.17, 15) is 4.79 Å². The van der Waals surface area contributed by atoms with Crippen molar-refractivity contribution in [2.24, 2.45) is 0 Å². The summed E-state index contributed by atoms with van der Waals surface area (Å²) in [6, 6.07) is 18.5. The van der Waals surface area contributed by atoms with Gasteiger partial charge in [-0.25, -0.2) is 4.98 Å². The molecule has 1 amide bonds. The number of piperazine rings is 1. The zero-order valence-corrected chi connectivity index (χ0v) is 18.2. The average molecular weight is 419 g/mol. The van der Waals surface area contributed by atoms with Gasteiger partial charge in [-0.15, -0.1) is 0 Å². The zero-order chi connectivity index (χ0) is 20.9. The first-order valence-corrected chi connectivity index (χ1v) is 11.0. The molecule has 1 aliphatic heterocycles. The van der Waals surface area contributed by atoms with E-state index in [1.54, 1.807) is 6.08 Å². The van der Waals surface area contributed by atoms with Crippen LogP contribution in [0.3, 0.4) is 0 Å². The largest absolute Gasteiger partial charge is 0.343 e. The first-order valence-electron chi connectivity index (χ1n) is 10.3. The van der Waals surface area contributed by atoms with Crippen LogP contribution in [0.1, 0.15) is 29.4 Å². The molecule has 1 fully saturated rings. The highest BCUT2D eigenvalue weighted by molar-refractivity contribution is 7.09. The van der Waals surface area contributed by atoms with E-state index < -0.39 is 0 Å². The number of aryl methyl sites for hydroxylation is 1. The van der Waals surface area contributed by atoms with Gasteiger partial charge in [-0.1, -0.05) is 60.2 Å². The Bertz CT molecular complexity index is 1010. The Morgan fingerprint density at radius 1 is 1.13 bits per heavy atom. The van der Waals surface area contributed by atoms with Crippen molar-refractivity contribution in [2.45, 2.75) is 26.3 Å². The van der Waals surface area contributed by atoms with Gasteiger partial charge in [-0.3, -0.25) is 4.79 Å². The van der Waals surface area contributed by atoms with Crippen LogP contribution in [0.25, 0.3) is 6.08 Å². The predicted octanol–water partition coefficient (Wildman–Crippen LogP) is 4.19. The second kappa shape index (κ2) is 9.22. The maximum absolute atomic E-state index is 12.7. The summed E-state index contributed by atoms with van der Waals surface area (Å²) in [5.41, 5.74) is 3.51. The number of hydrogen-bond donors (Lipinski definition) is 0. The fraction of sp³-hybridized carbons (Fsp3) is 0.292. The monoisotopic (exact) mass is 418 g/mol. The molecule has 2 aromatic carbocycles. The van der Waals surface area contributed by atoms with Gasteiger partial charge >= 0.3 is 0 Å². The third-order valence-corrected chi connectivity index (χ3v) is 6.15. The van der Waals surface area contributed by atoms with Gasteiger partial charge in [-0.2, -0.15) is 4.37 Å². The van der Waals surface area contributed by atoms with Gasteiger partial charge in [0, 0.05) is 49.7 Å². The fourth-order valence-corrected chi connectivity index (χ4v) is 4.34. The Morgan fingerprint density at radius 2 is 1.90 bits per heavy atom. The predicted molar refractivity (Wildman–Crippen MR) is 123 cm³/mol. The van der Waals surface area contributed by atoms with E-state index in [1.165, 1.54) is 22.7 Å². The van der Waals surface area contributed by atoms with Gasteiger partial charge in [-0.05, 0) is 31.1 Å². The van der Waals surface area contributed by atoms with Crippen molar-refractivity contribution < 1.29 is 4.79 Å². The molecule has 0 saturated carbocycles. The van der Waals surface area contributed by atoms with E-state index in [2.05, 4.69) is 47.4 Å². The van der Waals surface area contributed by atoms with Gasteiger partial charge < -0.3 is 9.80 Å². The molecule has 4 rings (SSSR count). The molecule has 0 radical (unpaired) electrons. The Morgan fingerprint density at radius 3 is 2.63 bits per heavy atom. The molecule has 1 aromatic heterocycles. The van der Waals surface area contributed by atoms with Gasteiger partial charge in [0.15, 0.2) is 0 Å². The molecule has 1 saturated heterocycles. The minimum absolute atomic E-state index is 0.0586. The van der Waals surface area contributed by atoms with Crippen LogP contribution < -0.4 is 4.90 Å². The van der Waals surface area contributed by atoms with Crippen LogP contribution in [-0.2, 0) is 11.2 Å². The number of hydrogen-bond acceptors (Lipinski definition) is 5. The summed E-state index contributed by atoms with van der Waals surface area (Å²) in [6.07, 6.45) is 4.30. The minimum Gasteiger partial charge on any atom is -0.343 e. The van der Waals surface area contributed by atoms with E-state index in [0.29, 0.717) is 6.54 Å². The van der Waals surface area contributed by atoms with Crippen molar-refractivity contribution >= 4 is 28.6 Å². The summed E-state index contributed by atoms with van der Waals surface area (Å²) in [5.74, 6) is 0.916. The molecule has 0 bridgehead atoms. The third-order valence-electron chi connectivity index (χ3n) is 5.34. The van der Waals surface area contributed by atoms with E-state index >= 15 is 0 Å². The Kier molecular flexibility index (Phi) is 6.23. The summed E-state index contributed by atoms with van der Waals surface area (Å²) < 4.78 is 4.55. The normalized spacial score (nSPS) is 16.9. The lowest BCUT2D eigenvalue weighted by atomic mass is 10.1. The highest BCUT2D eigenvalue weighted by Crippen LogP contribution is 2.23. The van der Waals surface area contributed by atoms with E-state index in [-0.39, 0.29) is 11.9 Å². The highest BCUT2D eigenvalue weighted by Gasteiger charge is 2.28. The molecule has 154 valence electrons. The number of benzene rings is 2. The Hall–Kier alpha value is -2.99. The number of amides is 1. The summed E-state index contributed by atoms with van der Waals surface area (Å²) in [4.78, 5) is 21.6. The first kappa shape index (κ1) is 20.3. The van der Waals surface area contributed by atoms with Crippen molar-refractivity contribution in [3.8, 4) is 0 Å². The lowest BCUT2D eigenvalue weighted by molar-refractivity contribution is -0.128. The van der Waals surface area contributed by atoms with Gasteiger partial charge in [0.1, 0.15) is 5.82 Å². The summed E-state index contributed by atoms with van der Waals surface area (Å²) in [6.45, 7) is 6.41. The van der Waals surface area contributed by atoms with E-state index in [0.717, 1.165) is 36.0 Å². The number of aromatic nitrogens is 2. The maximum Gasteiger partial charge on any atom is 0.246 e. The highest BCUT2D eigenvalue weighted by atomic mass is 32.1. The van der Waals surface area contributed by atoms with Gasteiger partial charge in [0.05, 0.1) is 0 Å². The summed E-state index contributed by atoms with van der Waals surface area (Å²) in [5, 5.41) is 0.941. The number of carbonyl (C=O) groups excluding carboxylic acids is 1. The molecule has 0 spiro atoms. The number of anilines is 1. The average Bonchev–Trinajstić information content (AvgIpc) is 3.23. The van der Waals surface area contributed by atoms with Crippen LogP contribution in [0.5, 0.6) is 0 Å². The van der Waals surface area contributed by atoms with E-state index in [4.69, 9.17) is 4.98 Å². The molecule has 2 heterocycles. The Balaban J connectivity index is 1.35. The lowest BCUT2D eigenvalue weighted by Gasteiger charge is -2.39. The van der Waals surface area contributed by atoms with Crippen molar-refractivity contribution in [3.63, 3.8) is 0 Å². The van der Waals surface area contributed by atoms with Gasteiger partial charge in [0.2, 0.25) is 11.0 Å². The van der Waals surface area contributed by atoms with Crippen LogP contribution in [0.4, 0.5) is 5.13 Å². The first-order chi connectivity index (χ1) is 14.6. The van der Waals surface area contributed by atoms with Crippen molar-refractivity contribution in [1.29, 1.82) is 0 Å². The lowest BCUT2D eigenvalue weighted by Crippen LogP contribution is -2.53.